The summed E-state index contributed by atoms with van der Waals surface area (Å²) in [5, 5.41) is 17.0. The molecule has 2 amide bonds. The summed E-state index contributed by atoms with van der Waals surface area (Å²) in [6.45, 7) is -0.00277. The molecule has 1 aromatic carbocycles. The highest BCUT2D eigenvalue weighted by atomic mass is 35.5. The highest BCUT2D eigenvalue weighted by molar-refractivity contribution is 7.10. The number of hydrogen-bond donors (Lipinski definition) is 3. The molecule has 0 saturated heterocycles. The van der Waals surface area contributed by atoms with E-state index in [1.54, 1.807) is 18.2 Å². The van der Waals surface area contributed by atoms with Gasteiger partial charge in [0.25, 0.3) is 0 Å². The molecule has 0 aliphatic heterocycles. The number of carbonyl (C=O) groups is 1. The monoisotopic (exact) mass is 340 g/mol. The third-order valence-corrected chi connectivity index (χ3v) is 4.30. The van der Waals surface area contributed by atoms with E-state index in [0.717, 1.165) is 4.88 Å². The van der Waals surface area contributed by atoms with Gasteiger partial charge >= 0.3 is 6.03 Å². The number of urea groups is 1. The predicted octanol–water partition coefficient (Wildman–Crippen LogP) is 3.66. The zero-order valence-corrected chi connectivity index (χ0v) is 13.6. The summed E-state index contributed by atoms with van der Waals surface area (Å²) in [5.74, 6) is 0.546. The van der Waals surface area contributed by atoms with Gasteiger partial charge in [-0.2, -0.15) is 0 Å². The van der Waals surface area contributed by atoms with Crippen molar-refractivity contribution in [2.75, 3.05) is 19.0 Å². The summed E-state index contributed by atoms with van der Waals surface area (Å²) in [4.78, 5) is 13.1. The number of anilines is 1. The number of methoxy groups -OCH3 is 1. The van der Waals surface area contributed by atoms with Crippen molar-refractivity contribution in [3.63, 3.8) is 0 Å². The molecule has 1 aromatic heterocycles. The number of aliphatic hydroxyl groups excluding tert-OH is 1. The summed E-state index contributed by atoms with van der Waals surface area (Å²) in [5.41, 5.74) is 0.567. The van der Waals surface area contributed by atoms with Crippen LogP contribution >= 0.6 is 22.9 Å². The zero-order valence-electron chi connectivity index (χ0n) is 12.0. The Bertz CT molecular complexity index is 619. The van der Waals surface area contributed by atoms with E-state index in [4.69, 9.17) is 21.4 Å². The van der Waals surface area contributed by atoms with Crippen molar-refractivity contribution in [3.05, 3.63) is 45.6 Å². The molecule has 118 valence electrons. The average molecular weight is 341 g/mol. The van der Waals surface area contributed by atoms with Gasteiger partial charge in [0.1, 0.15) is 5.75 Å². The molecule has 7 heteroatoms. The Kier molecular flexibility index (Phi) is 6.06. The smallest absolute Gasteiger partial charge is 0.319 e. The molecule has 2 rings (SSSR count). The van der Waals surface area contributed by atoms with E-state index in [1.165, 1.54) is 18.4 Å². The molecule has 0 aliphatic carbocycles. The van der Waals surface area contributed by atoms with Gasteiger partial charge in [0.2, 0.25) is 0 Å². The van der Waals surface area contributed by atoms with Crippen LogP contribution in [-0.4, -0.2) is 24.9 Å². The third-order valence-electron chi connectivity index (χ3n) is 3.02. The van der Waals surface area contributed by atoms with Gasteiger partial charge in [0.15, 0.2) is 0 Å². The second-order valence-electron chi connectivity index (χ2n) is 4.53. The normalized spacial score (nSPS) is 11.8. The van der Waals surface area contributed by atoms with Gasteiger partial charge < -0.3 is 20.5 Å². The average Bonchev–Trinajstić information content (AvgIpc) is 3.01. The van der Waals surface area contributed by atoms with Crippen molar-refractivity contribution in [1.29, 1.82) is 0 Å². The number of thiophene rings is 1. The molecule has 0 saturated carbocycles. The molecule has 1 atom stereocenters. The zero-order chi connectivity index (χ0) is 15.9. The number of aliphatic hydroxyl groups is 1. The van der Waals surface area contributed by atoms with Crippen molar-refractivity contribution in [3.8, 4) is 5.75 Å². The van der Waals surface area contributed by atoms with Crippen LogP contribution in [0.4, 0.5) is 10.5 Å². The van der Waals surface area contributed by atoms with E-state index >= 15 is 0 Å². The van der Waals surface area contributed by atoms with Crippen LogP contribution in [0, 0.1) is 0 Å². The quantitative estimate of drug-likeness (QED) is 0.751. The van der Waals surface area contributed by atoms with Crippen LogP contribution in [0.15, 0.2) is 35.7 Å². The van der Waals surface area contributed by atoms with Gasteiger partial charge in [-0.05, 0) is 36.1 Å². The predicted molar refractivity (Wildman–Crippen MR) is 88.9 cm³/mol. The Morgan fingerprint density at radius 1 is 1.45 bits per heavy atom. The number of nitrogens with one attached hydrogen (secondary N) is 2. The van der Waals surface area contributed by atoms with Crippen LogP contribution in [0.1, 0.15) is 17.3 Å². The fraction of sp³-hybridized carbons (Fsp3) is 0.267. The molecular formula is C15H17ClN2O3S. The number of benzene rings is 1. The first-order valence-corrected chi connectivity index (χ1v) is 7.95. The molecule has 0 aliphatic rings. The minimum absolute atomic E-state index is 0.00277. The number of rotatable bonds is 6. The second kappa shape index (κ2) is 8.03. The molecule has 0 bridgehead atoms. The Morgan fingerprint density at radius 2 is 2.27 bits per heavy atom. The summed E-state index contributed by atoms with van der Waals surface area (Å²) < 4.78 is 5.06. The van der Waals surface area contributed by atoms with Gasteiger partial charge in [-0.15, -0.1) is 11.3 Å². The first-order valence-electron chi connectivity index (χ1n) is 6.69. The van der Waals surface area contributed by atoms with Crippen LogP contribution in [0.3, 0.4) is 0 Å². The minimum atomic E-state index is -0.354. The van der Waals surface area contributed by atoms with Crippen LogP contribution < -0.4 is 15.4 Å². The molecule has 5 nitrogen and oxygen atoms in total. The molecule has 2 aromatic rings. The van der Waals surface area contributed by atoms with E-state index in [1.807, 2.05) is 17.5 Å². The Hall–Kier alpha value is -1.76. The highest BCUT2D eigenvalue weighted by Gasteiger charge is 2.15. The number of ether oxygens (including phenoxy) is 1. The van der Waals surface area contributed by atoms with Gasteiger partial charge in [-0.3, -0.25) is 0 Å². The third kappa shape index (κ3) is 4.37. The summed E-state index contributed by atoms with van der Waals surface area (Å²) >= 11 is 7.56. The standard InChI is InChI=1S/C15H17ClN2O3S/c1-21-13-5-4-10(9-11(13)16)17-15(20)18-12(6-7-19)14-3-2-8-22-14/h2-5,8-9,12,19H,6-7H2,1H3,(H2,17,18,20)/t12-/m0/s1. The first-order chi connectivity index (χ1) is 10.6. The van der Waals surface area contributed by atoms with Gasteiger partial charge in [0, 0.05) is 17.2 Å². The van der Waals surface area contributed by atoms with Crippen LogP contribution in [0.25, 0.3) is 0 Å². The Labute approximate surface area is 137 Å². The van der Waals surface area contributed by atoms with Gasteiger partial charge in [-0.25, -0.2) is 4.79 Å². The maximum Gasteiger partial charge on any atom is 0.319 e. The van der Waals surface area contributed by atoms with E-state index in [9.17, 15) is 4.79 Å². The number of carbonyl (C=O) groups excluding carboxylic acids is 1. The van der Waals surface area contributed by atoms with E-state index in [0.29, 0.717) is 22.9 Å². The lowest BCUT2D eigenvalue weighted by Gasteiger charge is -2.17. The lowest BCUT2D eigenvalue weighted by molar-refractivity contribution is 0.239. The lowest BCUT2D eigenvalue weighted by atomic mass is 10.2. The topological polar surface area (TPSA) is 70.6 Å². The molecule has 1 heterocycles. The molecule has 0 spiro atoms. The van der Waals surface area contributed by atoms with Crippen LogP contribution in [0.2, 0.25) is 5.02 Å². The van der Waals surface area contributed by atoms with Crippen molar-refractivity contribution in [2.24, 2.45) is 0 Å². The second-order valence-corrected chi connectivity index (χ2v) is 5.91. The number of hydrogen-bond acceptors (Lipinski definition) is 4. The largest absolute Gasteiger partial charge is 0.495 e. The summed E-state index contributed by atoms with van der Waals surface area (Å²) in [7, 11) is 1.53. The summed E-state index contributed by atoms with van der Waals surface area (Å²) in [6, 6.07) is 8.26. The summed E-state index contributed by atoms with van der Waals surface area (Å²) in [6.07, 6.45) is 0.456. The van der Waals surface area contributed by atoms with Gasteiger partial charge in [-0.1, -0.05) is 17.7 Å². The molecule has 0 radical (unpaired) electrons. The maximum atomic E-state index is 12.1. The molecule has 0 fully saturated rings. The Balaban J connectivity index is 2.00. The Morgan fingerprint density at radius 3 is 2.86 bits per heavy atom. The minimum Gasteiger partial charge on any atom is -0.495 e. The maximum absolute atomic E-state index is 12.1. The molecule has 22 heavy (non-hydrogen) atoms. The molecular weight excluding hydrogens is 324 g/mol. The van der Waals surface area contributed by atoms with Crippen molar-refractivity contribution in [1.82, 2.24) is 5.32 Å². The van der Waals surface area contributed by atoms with Crippen molar-refractivity contribution >= 4 is 34.7 Å². The highest BCUT2D eigenvalue weighted by Crippen LogP contribution is 2.27. The fourth-order valence-corrected chi connectivity index (χ4v) is 3.04. The molecule has 3 N–H and O–H groups in total. The number of amides is 2. The van der Waals surface area contributed by atoms with E-state index < -0.39 is 0 Å². The number of halogens is 1. The van der Waals surface area contributed by atoms with E-state index in [2.05, 4.69) is 10.6 Å². The van der Waals surface area contributed by atoms with Crippen LogP contribution in [-0.2, 0) is 0 Å². The molecule has 0 unspecified atom stereocenters. The SMILES string of the molecule is COc1ccc(NC(=O)N[C@@H](CCO)c2cccs2)cc1Cl. The van der Waals surface area contributed by atoms with Gasteiger partial charge in [0.05, 0.1) is 18.2 Å². The van der Waals surface area contributed by atoms with Crippen molar-refractivity contribution in [2.45, 2.75) is 12.5 Å². The van der Waals surface area contributed by atoms with E-state index in [-0.39, 0.29) is 18.7 Å². The first kappa shape index (κ1) is 16.6. The van der Waals surface area contributed by atoms with Crippen LogP contribution in [0.5, 0.6) is 5.75 Å². The van der Waals surface area contributed by atoms with Crippen molar-refractivity contribution < 1.29 is 14.6 Å². The fourth-order valence-electron chi connectivity index (χ4n) is 1.97. The lowest BCUT2D eigenvalue weighted by Crippen LogP contribution is -2.32.